The van der Waals surface area contributed by atoms with Gasteiger partial charge in [-0.15, -0.1) is 5.10 Å². The number of carbonyl (C=O) groups is 1. The number of nitrogens with zero attached hydrogens (tertiary/aromatic N) is 5. The summed E-state index contributed by atoms with van der Waals surface area (Å²) in [5, 5.41) is 8.39. The number of hydrogen-bond acceptors (Lipinski definition) is 8. The first-order valence-electron chi connectivity index (χ1n) is 9.14. The van der Waals surface area contributed by atoms with Gasteiger partial charge >= 0.3 is 0 Å². The number of nitrogen functional groups attached to an aromatic ring is 2. The second-order valence-electron chi connectivity index (χ2n) is 6.57. The van der Waals surface area contributed by atoms with E-state index >= 15 is 0 Å². The van der Waals surface area contributed by atoms with Gasteiger partial charge in [0.2, 0.25) is 5.95 Å². The van der Waals surface area contributed by atoms with Crippen LogP contribution in [0.2, 0.25) is 0 Å². The first-order chi connectivity index (χ1) is 13.9. The highest BCUT2D eigenvalue weighted by Gasteiger charge is 2.17. The lowest BCUT2D eigenvalue weighted by Crippen LogP contribution is -2.05. The summed E-state index contributed by atoms with van der Waals surface area (Å²) in [6.45, 7) is 5.90. The van der Waals surface area contributed by atoms with Crippen molar-refractivity contribution in [3.8, 4) is 11.5 Å². The third-order valence-electron chi connectivity index (χ3n) is 4.30. The Hall–Kier alpha value is -3.75. The molecule has 9 heteroatoms. The second-order valence-corrected chi connectivity index (χ2v) is 6.57. The standard InChI is InChI=1S/C16H15N7O.C4H8O/c1-9-7-10(4-5-11(9)17)8-23-15-14(21-22-23)13(19-16(18)20-15)12-3-2-6-24-12;1-3-4(2)5/h2-7H,8,17H2,1H3,(H2,18,19,20);3H2,1-2H3. The molecule has 0 aliphatic carbocycles. The average Bonchev–Trinajstić information content (AvgIpc) is 3.35. The number of furan rings is 1. The molecule has 9 nitrogen and oxygen atoms in total. The third-order valence-corrected chi connectivity index (χ3v) is 4.30. The van der Waals surface area contributed by atoms with E-state index in [0.717, 1.165) is 16.8 Å². The van der Waals surface area contributed by atoms with Gasteiger partial charge < -0.3 is 20.7 Å². The topological polar surface area (TPSA) is 139 Å². The Morgan fingerprint density at radius 3 is 2.59 bits per heavy atom. The lowest BCUT2D eigenvalue weighted by atomic mass is 10.1. The Morgan fingerprint density at radius 2 is 1.97 bits per heavy atom. The van der Waals surface area contributed by atoms with E-state index in [2.05, 4.69) is 20.3 Å². The van der Waals surface area contributed by atoms with Crippen molar-refractivity contribution in [3.05, 3.63) is 47.7 Å². The van der Waals surface area contributed by atoms with E-state index in [4.69, 9.17) is 15.9 Å². The van der Waals surface area contributed by atoms with E-state index in [9.17, 15) is 4.79 Å². The van der Waals surface area contributed by atoms with Gasteiger partial charge in [-0.2, -0.15) is 4.98 Å². The summed E-state index contributed by atoms with van der Waals surface area (Å²) in [6.07, 6.45) is 2.24. The molecule has 0 aliphatic heterocycles. The van der Waals surface area contributed by atoms with E-state index in [-0.39, 0.29) is 11.7 Å². The van der Waals surface area contributed by atoms with E-state index in [1.807, 2.05) is 32.0 Å². The zero-order valence-electron chi connectivity index (χ0n) is 16.6. The summed E-state index contributed by atoms with van der Waals surface area (Å²) in [6, 6.07) is 9.42. The first-order valence-corrected chi connectivity index (χ1v) is 9.14. The molecule has 0 amide bonds. The van der Waals surface area contributed by atoms with Gasteiger partial charge in [0, 0.05) is 12.1 Å². The molecule has 0 saturated carbocycles. The second kappa shape index (κ2) is 8.51. The van der Waals surface area contributed by atoms with Crippen LogP contribution in [-0.2, 0) is 11.3 Å². The molecule has 0 unspecified atom stereocenters. The van der Waals surface area contributed by atoms with Crippen molar-refractivity contribution >= 4 is 28.6 Å². The minimum absolute atomic E-state index is 0.144. The molecule has 150 valence electrons. The van der Waals surface area contributed by atoms with E-state index in [0.29, 0.717) is 35.6 Å². The molecular formula is C20H23N7O2. The number of aryl methyl sites for hydroxylation is 1. The first kappa shape index (κ1) is 20.0. The smallest absolute Gasteiger partial charge is 0.222 e. The fourth-order valence-electron chi connectivity index (χ4n) is 2.57. The van der Waals surface area contributed by atoms with Crippen LogP contribution < -0.4 is 11.5 Å². The van der Waals surface area contributed by atoms with Crippen molar-refractivity contribution in [2.45, 2.75) is 33.7 Å². The maximum absolute atomic E-state index is 9.81. The number of Topliss-reactive ketones (excluding diaryl/α,β-unsaturated/α-hetero) is 1. The number of carbonyl (C=O) groups excluding carboxylic acids is 1. The number of rotatable bonds is 4. The van der Waals surface area contributed by atoms with Gasteiger partial charge in [-0.25, -0.2) is 9.67 Å². The number of benzene rings is 1. The van der Waals surface area contributed by atoms with Crippen LogP contribution in [0.1, 0.15) is 31.4 Å². The Morgan fingerprint density at radius 1 is 1.21 bits per heavy atom. The van der Waals surface area contributed by atoms with Gasteiger partial charge in [0.1, 0.15) is 11.5 Å². The molecular weight excluding hydrogens is 370 g/mol. The van der Waals surface area contributed by atoms with Crippen LogP contribution in [0.25, 0.3) is 22.6 Å². The predicted octanol–water partition coefficient (Wildman–Crippen LogP) is 2.99. The molecule has 4 rings (SSSR count). The Labute approximate surface area is 167 Å². The third kappa shape index (κ3) is 4.57. The zero-order valence-corrected chi connectivity index (χ0v) is 16.6. The van der Waals surface area contributed by atoms with Gasteiger partial charge in [0.05, 0.1) is 12.8 Å². The van der Waals surface area contributed by atoms with Crippen molar-refractivity contribution in [3.63, 3.8) is 0 Å². The number of nitrogens with two attached hydrogens (primary N) is 2. The predicted molar refractivity (Wildman–Crippen MR) is 111 cm³/mol. The maximum atomic E-state index is 9.81. The Bertz CT molecular complexity index is 1130. The summed E-state index contributed by atoms with van der Waals surface area (Å²) in [7, 11) is 0. The van der Waals surface area contributed by atoms with Crippen LogP contribution in [0.3, 0.4) is 0 Å². The molecule has 0 radical (unpaired) electrons. The highest BCUT2D eigenvalue weighted by atomic mass is 16.3. The summed E-state index contributed by atoms with van der Waals surface area (Å²) < 4.78 is 7.09. The van der Waals surface area contributed by atoms with Gasteiger partial charge in [-0.05, 0) is 43.2 Å². The van der Waals surface area contributed by atoms with Gasteiger partial charge in [0.15, 0.2) is 16.9 Å². The molecule has 0 aliphatic rings. The van der Waals surface area contributed by atoms with Crippen LogP contribution in [-0.4, -0.2) is 30.7 Å². The minimum atomic E-state index is 0.144. The highest BCUT2D eigenvalue weighted by molar-refractivity contribution is 5.85. The summed E-state index contributed by atoms with van der Waals surface area (Å²) in [5.41, 5.74) is 16.2. The van der Waals surface area contributed by atoms with Crippen molar-refractivity contribution < 1.29 is 9.21 Å². The van der Waals surface area contributed by atoms with E-state index in [1.54, 1.807) is 30.0 Å². The van der Waals surface area contributed by atoms with Crippen LogP contribution in [0.4, 0.5) is 11.6 Å². The van der Waals surface area contributed by atoms with Crippen molar-refractivity contribution in [2.75, 3.05) is 11.5 Å². The summed E-state index contributed by atoms with van der Waals surface area (Å²) in [4.78, 5) is 18.3. The fraction of sp³-hybridized carbons (Fsp3) is 0.250. The number of aromatic nitrogens is 5. The highest BCUT2D eigenvalue weighted by Crippen LogP contribution is 2.25. The number of anilines is 2. The lowest BCUT2D eigenvalue weighted by molar-refractivity contribution is -0.116. The summed E-state index contributed by atoms with van der Waals surface area (Å²) in [5.74, 6) is 0.973. The van der Waals surface area contributed by atoms with Crippen molar-refractivity contribution in [1.82, 2.24) is 25.0 Å². The molecule has 3 aromatic heterocycles. The summed E-state index contributed by atoms with van der Waals surface area (Å²) >= 11 is 0. The van der Waals surface area contributed by atoms with Gasteiger partial charge in [-0.3, -0.25) is 0 Å². The van der Waals surface area contributed by atoms with Crippen LogP contribution in [0.5, 0.6) is 0 Å². The SMILES string of the molecule is CCC(C)=O.Cc1cc(Cn2nnc3c(-c4ccco4)nc(N)nc32)ccc1N. The quantitative estimate of drug-likeness (QED) is 0.504. The van der Waals surface area contributed by atoms with Gasteiger partial charge in [-0.1, -0.05) is 24.3 Å². The monoisotopic (exact) mass is 393 g/mol. The molecule has 0 bridgehead atoms. The van der Waals surface area contributed by atoms with Crippen molar-refractivity contribution in [2.24, 2.45) is 0 Å². The number of fused-ring (bicyclic) bond motifs is 1. The maximum Gasteiger partial charge on any atom is 0.222 e. The van der Waals surface area contributed by atoms with Gasteiger partial charge in [0.25, 0.3) is 0 Å². The Balaban J connectivity index is 0.000000431. The average molecular weight is 393 g/mol. The van der Waals surface area contributed by atoms with Crippen molar-refractivity contribution in [1.29, 1.82) is 0 Å². The zero-order chi connectivity index (χ0) is 21.0. The number of ketones is 1. The van der Waals surface area contributed by atoms with E-state index < -0.39 is 0 Å². The molecule has 4 aromatic rings. The molecule has 4 N–H and O–H groups in total. The molecule has 29 heavy (non-hydrogen) atoms. The molecule has 0 fully saturated rings. The normalized spacial score (nSPS) is 10.6. The fourth-order valence-corrected chi connectivity index (χ4v) is 2.57. The van der Waals surface area contributed by atoms with Crippen LogP contribution in [0, 0.1) is 6.92 Å². The minimum Gasteiger partial charge on any atom is -0.463 e. The molecule has 3 heterocycles. The molecule has 1 aromatic carbocycles. The molecule has 0 saturated heterocycles. The number of hydrogen-bond donors (Lipinski definition) is 2. The lowest BCUT2D eigenvalue weighted by Gasteiger charge is -2.06. The largest absolute Gasteiger partial charge is 0.463 e. The molecule has 0 atom stereocenters. The van der Waals surface area contributed by atoms with Crippen LogP contribution in [0.15, 0.2) is 41.0 Å². The Kier molecular flexibility index (Phi) is 5.87. The van der Waals surface area contributed by atoms with E-state index in [1.165, 1.54) is 0 Å². The molecule has 0 spiro atoms. The van der Waals surface area contributed by atoms with Crippen LogP contribution >= 0.6 is 0 Å².